The summed E-state index contributed by atoms with van der Waals surface area (Å²) in [5, 5.41) is 5.31. The predicted molar refractivity (Wildman–Crippen MR) is 124 cm³/mol. The van der Waals surface area contributed by atoms with Crippen LogP contribution in [0.5, 0.6) is 5.75 Å². The lowest BCUT2D eigenvalue weighted by Gasteiger charge is -2.31. The van der Waals surface area contributed by atoms with Gasteiger partial charge < -0.3 is 9.64 Å². The van der Waals surface area contributed by atoms with Crippen molar-refractivity contribution >= 4 is 34.0 Å². The SMILES string of the molecule is COc1ccccc1C(=O)Nc1nc(-c2ccc3c(c2)CCCN3C(=O)C(C)C)cs1. The lowest BCUT2D eigenvalue weighted by molar-refractivity contribution is -0.121. The second kappa shape index (κ2) is 8.89. The summed E-state index contributed by atoms with van der Waals surface area (Å²) in [4.78, 5) is 31.7. The molecule has 0 aliphatic carbocycles. The number of methoxy groups -OCH3 is 1. The highest BCUT2D eigenvalue weighted by atomic mass is 32.1. The van der Waals surface area contributed by atoms with Crippen LogP contribution in [0.15, 0.2) is 47.8 Å². The Morgan fingerprint density at radius 3 is 2.77 bits per heavy atom. The lowest BCUT2D eigenvalue weighted by atomic mass is 9.97. The number of hydrogen-bond acceptors (Lipinski definition) is 5. The maximum Gasteiger partial charge on any atom is 0.261 e. The molecule has 1 aromatic heterocycles. The van der Waals surface area contributed by atoms with Gasteiger partial charge in [-0.25, -0.2) is 4.98 Å². The van der Waals surface area contributed by atoms with E-state index in [1.807, 2.05) is 42.3 Å². The van der Waals surface area contributed by atoms with Gasteiger partial charge in [0.15, 0.2) is 5.13 Å². The molecule has 0 radical (unpaired) electrons. The van der Waals surface area contributed by atoms with E-state index in [1.165, 1.54) is 11.3 Å². The summed E-state index contributed by atoms with van der Waals surface area (Å²) < 4.78 is 5.27. The summed E-state index contributed by atoms with van der Waals surface area (Å²) in [5.41, 5.74) is 4.39. The molecule has 7 heteroatoms. The van der Waals surface area contributed by atoms with Gasteiger partial charge in [-0.2, -0.15) is 0 Å². The van der Waals surface area contributed by atoms with Gasteiger partial charge in [0, 0.05) is 29.1 Å². The van der Waals surface area contributed by atoms with Gasteiger partial charge in [-0.1, -0.05) is 32.0 Å². The van der Waals surface area contributed by atoms with E-state index in [4.69, 9.17) is 4.74 Å². The molecule has 2 aromatic carbocycles. The number of aryl methyl sites for hydroxylation is 1. The molecular weight excluding hydrogens is 410 g/mol. The van der Waals surface area contributed by atoms with E-state index in [2.05, 4.69) is 16.4 Å². The number of carbonyl (C=O) groups is 2. The Morgan fingerprint density at radius 1 is 1.19 bits per heavy atom. The summed E-state index contributed by atoms with van der Waals surface area (Å²) >= 11 is 1.38. The van der Waals surface area contributed by atoms with Crippen LogP contribution < -0.4 is 15.0 Å². The summed E-state index contributed by atoms with van der Waals surface area (Å²) in [6.45, 7) is 4.63. The largest absolute Gasteiger partial charge is 0.496 e. The van der Waals surface area contributed by atoms with Crippen LogP contribution in [0.3, 0.4) is 0 Å². The number of nitrogens with one attached hydrogen (secondary N) is 1. The standard InChI is InChI=1S/C24H25N3O3S/c1-15(2)23(29)27-12-6-7-17-13-16(10-11-20(17)27)19-14-31-24(25-19)26-22(28)18-8-4-5-9-21(18)30-3/h4-5,8-11,13-15H,6-7,12H2,1-3H3,(H,25,26,28). The first kappa shape index (κ1) is 21.1. The molecule has 0 atom stereocenters. The minimum Gasteiger partial charge on any atom is -0.496 e. The predicted octanol–water partition coefficient (Wildman–Crippen LogP) is 5.01. The van der Waals surface area contributed by atoms with Crippen LogP contribution in [-0.2, 0) is 11.2 Å². The van der Waals surface area contributed by atoms with Crippen molar-refractivity contribution < 1.29 is 14.3 Å². The Kier molecular flexibility index (Phi) is 6.04. The van der Waals surface area contributed by atoms with Gasteiger partial charge in [-0.15, -0.1) is 11.3 Å². The molecule has 0 fully saturated rings. The van der Waals surface area contributed by atoms with E-state index in [1.54, 1.807) is 25.3 Å². The van der Waals surface area contributed by atoms with Crippen molar-refractivity contribution in [3.05, 3.63) is 59.0 Å². The zero-order chi connectivity index (χ0) is 22.0. The fourth-order valence-electron chi connectivity index (χ4n) is 3.76. The van der Waals surface area contributed by atoms with Crippen LogP contribution in [0.1, 0.15) is 36.2 Å². The van der Waals surface area contributed by atoms with Gasteiger partial charge >= 0.3 is 0 Å². The lowest BCUT2D eigenvalue weighted by Crippen LogP contribution is -2.38. The molecule has 2 amide bonds. The Hall–Kier alpha value is -3.19. The molecular formula is C24H25N3O3S. The molecule has 3 aromatic rings. The van der Waals surface area contributed by atoms with Crippen LogP contribution in [0.4, 0.5) is 10.8 Å². The van der Waals surface area contributed by atoms with E-state index >= 15 is 0 Å². The van der Waals surface area contributed by atoms with Crippen molar-refractivity contribution in [2.75, 3.05) is 23.9 Å². The van der Waals surface area contributed by atoms with Gasteiger partial charge in [0.2, 0.25) is 5.91 Å². The molecule has 1 N–H and O–H groups in total. The highest BCUT2D eigenvalue weighted by molar-refractivity contribution is 7.14. The molecule has 1 aliphatic heterocycles. The number of thiazole rings is 1. The number of rotatable bonds is 5. The van der Waals surface area contributed by atoms with Gasteiger partial charge in [0.1, 0.15) is 5.75 Å². The second-order valence-corrected chi connectivity index (χ2v) is 8.64. The van der Waals surface area contributed by atoms with E-state index in [9.17, 15) is 9.59 Å². The second-order valence-electron chi connectivity index (χ2n) is 7.78. The Bertz CT molecular complexity index is 1120. The first-order valence-corrected chi connectivity index (χ1v) is 11.2. The molecule has 160 valence electrons. The van der Waals surface area contributed by atoms with Gasteiger partial charge in [0.05, 0.1) is 18.4 Å². The Morgan fingerprint density at radius 2 is 2.00 bits per heavy atom. The van der Waals surface area contributed by atoms with E-state index in [0.717, 1.165) is 41.9 Å². The van der Waals surface area contributed by atoms with Crippen molar-refractivity contribution in [1.29, 1.82) is 0 Å². The van der Waals surface area contributed by atoms with Crippen molar-refractivity contribution in [3.8, 4) is 17.0 Å². The summed E-state index contributed by atoms with van der Waals surface area (Å²) in [7, 11) is 1.54. The average Bonchev–Trinajstić information content (AvgIpc) is 3.26. The monoisotopic (exact) mass is 435 g/mol. The Labute approximate surface area is 185 Å². The zero-order valence-corrected chi connectivity index (χ0v) is 18.7. The number of carbonyl (C=O) groups excluding carboxylic acids is 2. The van der Waals surface area contributed by atoms with Gasteiger partial charge in [0.25, 0.3) is 5.91 Å². The van der Waals surface area contributed by atoms with Crippen molar-refractivity contribution in [2.45, 2.75) is 26.7 Å². The number of fused-ring (bicyclic) bond motifs is 1. The molecule has 0 spiro atoms. The minimum atomic E-state index is -0.258. The van der Waals surface area contributed by atoms with Crippen LogP contribution in [-0.4, -0.2) is 30.5 Å². The zero-order valence-electron chi connectivity index (χ0n) is 17.8. The summed E-state index contributed by atoms with van der Waals surface area (Å²) in [5.74, 6) is 0.390. The molecule has 2 heterocycles. The maximum atomic E-state index is 12.6. The fourth-order valence-corrected chi connectivity index (χ4v) is 4.47. The number of aromatic nitrogens is 1. The quantitative estimate of drug-likeness (QED) is 0.612. The molecule has 31 heavy (non-hydrogen) atoms. The van der Waals surface area contributed by atoms with Gasteiger partial charge in [-0.05, 0) is 42.7 Å². The topological polar surface area (TPSA) is 71.5 Å². The number of nitrogens with zero attached hydrogens (tertiary/aromatic N) is 2. The first-order valence-electron chi connectivity index (χ1n) is 10.3. The highest BCUT2D eigenvalue weighted by Gasteiger charge is 2.25. The van der Waals surface area contributed by atoms with E-state index in [-0.39, 0.29) is 17.7 Å². The fraction of sp³-hybridized carbons (Fsp3) is 0.292. The number of ether oxygens (including phenoxy) is 1. The van der Waals surface area contributed by atoms with Crippen molar-refractivity contribution in [1.82, 2.24) is 4.98 Å². The minimum absolute atomic E-state index is 0.0291. The number of amides is 2. The van der Waals surface area contributed by atoms with Crippen molar-refractivity contribution in [3.63, 3.8) is 0 Å². The molecule has 1 aliphatic rings. The number of para-hydroxylation sites is 1. The molecule has 0 saturated heterocycles. The number of hydrogen-bond donors (Lipinski definition) is 1. The maximum absolute atomic E-state index is 12.6. The third-order valence-electron chi connectivity index (χ3n) is 5.33. The third kappa shape index (κ3) is 4.32. The molecule has 6 nitrogen and oxygen atoms in total. The molecule has 0 unspecified atom stereocenters. The summed E-state index contributed by atoms with van der Waals surface area (Å²) in [6.07, 6.45) is 1.89. The highest BCUT2D eigenvalue weighted by Crippen LogP contribution is 2.33. The average molecular weight is 436 g/mol. The molecule has 0 saturated carbocycles. The number of anilines is 2. The molecule has 0 bridgehead atoms. The first-order chi connectivity index (χ1) is 15.0. The smallest absolute Gasteiger partial charge is 0.261 e. The van der Waals surface area contributed by atoms with Crippen LogP contribution in [0, 0.1) is 5.92 Å². The normalized spacial score (nSPS) is 13.1. The number of benzene rings is 2. The summed E-state index contributed by atoms with van der Waals surface area (Å²) in [6, 6.07) is 13.2. The van der Waals surface area contributed by atoms with Gasteiger partial charge in [-0.3, -0.25) is 14.9 Å². The van der Waals surface area contributed by atoms with Crippen LogP contribution >= 0.6 is 11.3 Å². The Balaban J connectivity index is 1.54. The van der Waals surface area contributed by atoms with E-state index in [0.29, 0.717) is 16.4 Å². The van der Waals surface area contributed by atoms with Crippen molar-refractivity contribution in [2.24, 2.45) is 5.92 Å². The van der Waals surface area contributed by atoms with E-state index < -0.39 is 0 Å². The van der Waals surface area contributed by atoms with Crippen LogP contribution in [0.25, 0.3) is 11.3 Å². The third-order valence-corrected chi connectivity index (χ3v) is 6.09. The molecule has 4 rings (SSSR count). The van der Waals surface area contributed by atoms with Crippen LogP contribution in [0.2, 0.25) is 0 Å².